The normalized spacial score (nSPS) is 24.0. The number of nitrogens with zero attached hydrogens (tertiary/aromatic N) is 3. The SMILES string of the molecule is OC1(C2CC2)CN(Cc2nccn2C(F)F)C1. The Morgan fingerprint density at radius 1 is 1.47 bits per heavy atom. The number of hydrogen-bond donors (Lipinski definition) is 1. The lowest BCUT2D eigenvalue weighted by Gasteiger charge is -2.46. The molecule has 1 N–H and O–H groups in total. The quantitative estimate of drug-likeness (QED) is 0.865. The Labute approximate surface area is 97.9 Å². The summed E-state index contributed by atoms with van der Waals surface area (Å²) >= 11 is 0. The molecule has 0 aromatic carbocycles. The van der Waals surface area contributed by atoms with Gasteiger partial charge in [-0.3, -0.25) is 9.47 Å². The predicted octanol–water partition coefficient (Wildman–Crippen LogP) is 1.23. The number of alkyl halides is 2. The monoisotopic (exact) mass is 243 g/mol. The minimum Gasteiger partial charge on any atom is -0.387 e. The third-order valence-electron chi connectivity index (χ3n) is 3.66. The fourth-order valence-electron chi connectivity index (χ4n) is 2.56. The van der Waals surface area contributed by atoms with Crippen LogP contribution in [0.2, 0.25) is 0 Å². The zero-order valence-corrected chi connectivity index (χ0v) is 9.39. The molecular formula is C11H15F2N3O. The second-order valence-corrected chi connectivity index (χ2v) is 5.05. The van der Waals surface area contributed by atoms with Crippen LogP contribution in [0.25, 0.3) is 0 Å². The van der Waals surface area contributed by atoms with Crippen LogP contribution in [0.4, 0.5) is 8.78 Å². The lowest BCUT2D eigenvalue weighted by Crippen LogP contribution is -2.62. The smallest absolute Gasteiger partial charge is 0.319 e. The molecule has 2 fully saturated rings. The van der Waals surface area contributed by atoms with Crippen LogP contribution in [0.15, 0.2) is 12.4 Å². The van der Waals surface area contributed by atoms with Gasteiger partial charge in [0.15, 0.2) is 0 Å². The van der Waals surface area contributed by atoms with E-state index in [4.69, 9.17) is 0 Å². The number of aromatic nitrogens is 2. The molecule has 1 saturated carbocycles. The van der Waals surface area contributed by atoms with Crippen molar-refractivity contribution in [3.05, 3.63) is 18.2 Å². The minimum atomic E-state index is -2.55. The van der Waals surface area contributed by atoms with Gasteiger partial charge < -0.3 is 5.11 Å². The molecule has 94 valence electrons. The number of likely N-dealkylation sites (tertiary alicyclic amines) is 1. The van der Waals surface area contributed by atoms with Crippen molar-refractivity contribution in [1.29, 1.82) is 0 Å². The van der Waals surface area contributed by atoms with Crippen molar-refractivity contribution in [3.8, 4) is 0 Å². The zero-order chi connectivity index (χ0) is 12.0. The van der Waals surface area contributed by atoms with Crippen LogP contribution >= 0.6 is 0 Å². The predicted molar refractivity (Wildman–Crippen MR) is 56.4 cm³/mol. The summed E-state index contributed by atoms with van der Waals surface area (Å²) in [6.07, 6.45) is 4.85. The van der Waals surface area contributed by atoms with E-state index < -0.39 is 12.2 Å². The maximum atomic E-state index is 12.6. The lowest BCUT2D eigenvalue weighted by molar-refractivity contribution is -0.118. The summed E-state index contributed by atoms with van der Waals surface area (Å²) < 4.78 is 26.0. The van der Waals surface area contributed by atoms with Gasteiger partial charge in [-0.1, -0.05) is 0 Å². The number of imidazole rings is 1. The molecule has 3 rings (SSSR count). The molecule has 1 aliphatic carbocycles. The van der Waals surface area contributed by atoms with Crippen LogP contribution in [0.5, 0.6) is 0 Å². The first-order valence-electron chi connectivity index (χ1n) is 5.83. The molecule has 0 atom stereocenters. The molecule has 1 saturated heterocycles. The molecule has 0 spiro atoms. The Bertz CT molecular complexity index is 411. The standard InChI is InChI=1S/C11H15F2N3O/c12-10(13)16-4-3-14-9(16)5-15-6-11(17,7-15)8-1-2-8/h3-4,8,10,17H,1-2,5-7H2. The molecular weight excluding hydrogens is 228 g/mol. The lowest BCUT2D eigenvalue weighted by atomic mass is 9.89. The van der Waals surface area contributed by atoms with E-state index >= 15 is 0 Å². The summed E-state index contributed by atoms with van der Waals surface area (Å²) in [6, 6.07) is 0. The van der Waals surface area contributed by atoms with E-state index in [0.29, 0.717) is 31.4 Å². The topological polar surface area (TPSA) is 41.3 Å². The van der Waals surface area contributed by atoms with E-state index in [2.05, 4.69) is 4.98 Å². The second kappa shape index (κ2) is 3.74. The van der Waals surface area contributed by atoms with Crippen LogP contribution in [0, 0.1) is 5.92 Å². The van der Waals surface area contributed by atoms with Crippen LogP contribution in [0.3, 0.4) is 0 Å². The van der Waals surface area contributed by atoms with Gasteiger partial charge in [-0.2, -0.15) is 8.78 Å². The average molecular weight is 243 g/mol. The highest BCUT2D eigenvalue weighted by atomic mass is 19.3. The van der Waals surface area contributed by atoms with E-state index in [1.54, 1.807) is 0 Å². The highest BCUT2D eigenvalue weighted by Gasteiger charge is 2.51. The maximum Gasteiger partial charge on any atom is 0.319 e. The molecule has 1 aliphatic heterocycles. The third-order valence-corrected chi connectivity index (χ3v) is 3.66. The Morgan fingerprint density at radius 3 is 2.76 bits per heavy atom. The third kappa shape index (κ3) is 1.95. The molecule has 0 unspecified atom stereocenters. The minimum absolute atomic E-state index is 0.359. The van der Waals surface area contributed by atoms with Crippen LogP contribution in [-0.2, 0) is 6.54 Å². The number of hydrogen-bond acceptors (Lipinski definition) is 3. The van der Waals surface area contributed by atoms with Gasteiger partial charge in [-0.25, -0.2) is 4.98 Å². The molecule has 17 heavy (non-hydrogen) atoms. The Hall–Kier alpha value is -1.01. The van der Waals surface area contributed by atoms with Crippen molar-refractivity contribution >= 4 is 0 Å². The van der Waals surface area contributed by atoms with Gasteiger partial charge in [0.05, 0.1) is 12.1 Å². The molecule has 4 nitrogen and oxygen atoms in total. The summed E-state index contributed by atoms with van der Waals surface area (Å²) in [5, 5.41) is 10.1. The molecule has 6 heteroatoms. The van der Waals surface area contributed by atoms with Gasteiger partial charge in [0.1, 0.15) is 5.82 Å². The number of rotatable bonds is 4. The summed E-state index contributed by atoms with van der Waals surface area (Å²) in [7, 11) is 0. The highest BCUT2D eigenvalue weighted by molar-refractivity contribution is 5.06. The van der Waals surface area contributed by atoms with Crippen LogP contribution in [-0.4, -0.2) is 38.2 Å². The molecule has 2 aliphatic rings. The highest BCUT2D eigenvalue weighted by Crippen LogP contribution is 2.44. The summed E-state index contributed by atoms with van der Waals surface area (Å²) in [5.41, 5.74) is -0.567. The van der Waals surface area contributed by atoms with Gasteiger partial charge in [-0.15, -0.1) is 0 Å². The van der Waals surface area contributed by atoms with Gasteiger partial charge in [-0.05, 0) is 18.8 Å². The van der Waals surface area contributed by atoms with Crippen LogP contribution < -0.4 is 0 Å². The molecule has 0 amide bonds. The van der Waals surface area contributed by atoms with Crippen molar-refractivity contribution in [2.75, 3.05) is 13.1 Å². The summed E-state index contributed by atoms with van der Waals surface area (Å²) in [4.78, 5) is 5.89. The van der Waals surface area contributed by atoms with Crippen molar-refractivity contribution < 1.29 is 13.9 Å². The van der Waals surface area contributed by atoms with Crippen molar-refractivity contribution in [2.45, 2.75) is 31.5 Å². The molecule has 2 heterocycles. The maximum absolute atomic E-state index is 12.6. The Balaban J connectivity index is 1.60. The average Bonchev–Trinajstić information content (AvgIpc) is 2.97. The first-order chi connectivity index (χ1) is 8.08. The fraction of sp³-hybridized carbons (Fsp3) is 0.727. The van der Waals surface area contributed by atoms with E-state index in [-0.39, 0.29) is 0 Å². The van der Waals surface area contributed by atoms with E-state index in [1.165, 1.54) is 12.4 Å². The van der Waals surface area contributed by atoms with E-state index in [0.717, 1.165) is 17.4 Å². The number of halogens is 2. The molecule has 0 radical (unpaired) electrons. The second-order valence-electron chi connectivity index (χ2n) is 5.05. The fourth-order valence-corrected chi connectivity index (χ4v) is 2.56. The first-order valence-corrected chi connectivity index (χ1v) is 5.83. The Kier molecular flexibility index (Phi) is 2.45. The zero-order valence-electron chi connectivity index (χ0n) is 9.39. The van der Waals surface area contributed by atoms with E-state index in [9.17, 15) is 13.9 Å². The Morgan fingerprint density at radius 2 is 2.18 bits per heavy atom. The summed E-state index contributed by atoms with van der Waals surface area (Å²) in [6.45, 7) is -1.01. The van der Waals surface area contributed by atoms with Crippen molar-refractivity contribution in [1.82, 2.24) is 14.5 Å². The van der Waals surface area contributed by atoms with Gasteiger partial charge in [0.25, 0.3) is 0 Å². The van der Waals surface area contributed by atoms with Gasteiger partial charge in [0.2, 0.25) is 0 Å². The van der Waals surface area contributed by atoms with Gasteiger partial charge >= 0.3 is 6.55 Å². The molecule has 1 aromatic rings. The van der Waals surface area contributed by atoms with Crippen molar-refractivity contribution in [3.63, 3.8) is 0 Å². The van der Waals surface area contributed by atoms with Crippen molar-refractivity contribution in [2.24, 2.45) is 5.92 Å². The molecule has 0 bridgehead atoms. The van der Waals surface area contributed by atoms with Gasteiger partial charge in [0, 0.05) is 25.5 Å². The summed E-state index contributed by atoms with van der Waals surface area (Å²) in [5.74, 6) is 0.784. The first kappa shape index (κ1) is 11.1. The van der Waals surface area contributed by atoms with E-state index in [1.807, 2.05) is 4.90 Å². The largest absolute Gasteiger partial charge is 0.387 e. The van der Waals surface area contributed by atoms with Crippen LogP contribution in [0.1, 0.15) is 25.2 Å². The molecule has 1 aromatic heterocycles. The number of aliphatic hydroxyl groups is 1. The number of β-amino-alcohol motifs (C(OH)–C–C–N with tert-alkyl or cyclic N) is 1.